The minimum atomic E-state index is -4.16. The van der Waals surface area contributed by atoms with Gasteiger partial charge in [-0.15, -0.1) is 0 Å². The zero-order valence-electron chi connectivity index (χ0n) is 12.7. The Morgan fingerprint density at radius 2 is 1.92 bits per heavy atom. The number of nitrogens with two attached hydrogens (primary N) is 1. The van der Waals surface area contributed by atoms with Crippen LogP contribution < -0.4 is 14.8 Å². The number of amides is 2. The van der Waals surface area contributed by atoms with Gasteiger partial charge in [0.1, 0.15) is 4.90 Å². The summed E-state index contributed by atoms with van der Waals surface area (Å²) in [5.74, 6) is -1.04. The SMILES string of the molecule is CN1C(=O)Cc2cc(S(=O)(=O)Oc3ccccc3C(N)=O)ccc21. The molecule has 0 saturated heterocycles. The van der Waals surface area contributed by atoms with Gasteiger partial charge in [0.2, 0.25) is 5.91 Å². The number of nitrogens with zero attached hydrogens (tertiary/aromatic N) is 1. The molecule has 8 heteroatoms. The molecule has 0 fully saturated rings. The van der Waals surface area contributed by atoms with Crippen LogP contribution in [0.2, 0.25) is 0 Å². The summed E-state index contributed by atoms with van der Waals surface area (Å²) < 4.78 is 30.0. The van der Waals surface area contributed by atoms with Crippen molar-refractivity contribution in [3.63, 3.8) is 0 Å². The van der Waals surface area contributed by atoms with Crippen LogP contribution in [0, 0.1) is 0 Å². The van der Waals surface area contributed by atoms with Gasteiger partial charge in [-0.2, -0.15) is 8.42 Å². The van der Waals surface area contributed by atoms with Gasteiger partial charge in [-0.05, 0) is 35.9 Å². The molecule has 2 N–H and O–H groups in total. The first-order chi connectivity index (χ1) is 11.3. The summed E-state index contributed by atoms with van der Waals surface area (Å²) in [6.07, 6.45) is 0.132. The fourth-order valence-electron chi connectivity index (χ4n) is 2.51. The van der Waals surface area contributed by atoms with E-state index in [2.05, 4.69) is 0 Å². The third-order valence-corrected chi connectivity index (χ3v) is 5.00. The van der Waals surface area contributed by atoms with E-state index in [0.717, 1.165) is 0 Å². The van der Waals surface area contributed by atoms with Gasteiger partial charge in [-0.1, -0.05) is 12.1 Å². The molecule has 1 aliphatic heterocycles. The van der Waals surface area contributed by atoms with Crippen LogP contribution in [0.3, 0.4) is 0 Å². The lowest BCUT2D eigenvalue weighted by molar-refractivity contribution is -0.117. The van der Waals surface area contributed by atoms with Crippen molar-refractivity contribution in [2.75, 3.05) is 11.9 Å². The predicted octanol–water partition coefficient (Wildman–Crippen LogP) is 1.07. The number of rotatable bonds is 4. The standard InChI is InChI=1S/C16H14N2O5S/c1-18-13-7-6-11(8-10(13)9-15(18)19)24(21,22)23-14-5-3-2-4-12(14)16(17)20/h2-8H,9H2,1H3,(H2,17,20). The molecule has 3 rings (SSSR count). The van der Waals surface area contributed by atoms with E-state index < -0.39 is 16.0 Å². The summed E-state index contributed by atoms with van der Waals surface area (Å²) in [5, 5.41) is 0. The van der Waals surface area contributed by atoms with Gasteiger partial charge in [0.05, 0.1) is 12.0 Å². The number of carbonyl (C=O) groups excluding carboxylic acids is 2. The Kier molecular flexibility index (Phi) is 3.76. The molecular formula is C16H14N2O5S. The molecule has 1 aliphatic rings. The van der Waals surface area contributed by atoms with Crippen LogP contribution in [0.15, 0.2) is 47.4 Å². The Morgan fingerprint density at radius 1 is 1.21 bits per heavy atom. The number of anilines is 1. The third kappa shape index (κ3) is 2.71. The topological polar surface area (TPSA) is 107 Å². The lowest BCUT2D eigenvalue weighted by Crippen LogP contribution is -2.20. The highest BCUT2D eigenvalue weighted by molar-refractivity contribution is 7.87. The third-order valence-electron chi connectivity index (χ3n) is 3.77. The summed E-state index contributed by atoms with van der Waals surface area (Å²) in [7, 11) is -2.54. The van der Waals surface area contributed by atoms with Gasteiger partial charge >= 0.3 is 10.1 Å². The van der Waals surface area contributed by atoms with Crippen LogP contribution in [0.4, 0.5) is 5.69 Å². The van der Waals surface area contributed by atoms with Gasteiger partial charge in [-0.3, -0.25) is 9.59 Å². The number of hydrogen-bond acceptors (Lipinski definition) is 5. The minimum absolute atomic E-state index is 0.0304. The van der Waals surface area contributed by atoms with Gasteiger partial charge in [-0.25, -0.2) is 0 Å². The lowest BCUT2D eigenvalue weighted by Gasteiger charge is -2.12. The Morgan fingerprint density at radius 3 is 2.62 bits per heavy atom. The number of primary amides is 1. The normalized spacial score (nSPS) is 13.7. The molecule has 0 saturated carbocycles. The van der Waals surface area contributed by atoms with Crippen molar-refractivity contribution in [2.24, 2.45) is 5.73 Å². The largest absolute Gasteiger partial charge is 0.378 e. The first kappa shape index (κ1) is 16.0. The molecule has 7 nitrogen and oxygen atoms in total. The smallest absolute Gasteiger partial charge is 0.339 e. The first-order valence-electron chi connectivity index (χ1n) is 7.02. The van der Waals surface area contributed by atoms with E-state index in [-0.39, 0.29) is 28.5 Å². The van der Waals surface area contributed by atoms with Gasteiger partial charge in [0, 0.05) is 12.7 Å². The zero-order valence-corrected chi connectivity index (χ0v) is 13.5. The highest BCUT2D eigenvalue weighted by Crippen LogP contribution is 2.31. The fourth-order valence-corrected chi connectivity index (χ4v) is 3.51. The van der Waals surface area contributed by atoms with Crippen molar-refractivity contribution < 1.29 is 22.2 Å². The molecule has 124 valence electrons. The number of hydrogen-bond donors (Lipinski definition) is 1. The maximum absolute atomic E-state index is 12.5. The van der Waals surface area contributed by atoms with Crippen LogP contribution in [-0.2, 0) is 21.3 Å². The van der Waals surface area contributed by atoms with E-state index in [9.17, 15) is 18.0 Å². The van der Waals surface area contributed by atoms with Crippen molar-refractivity contribution in [3.05, 3.63) is 53.6 Å². The Hall–Kier alpha value is -2.87. The van der Waals surface area contributed by atoms with Crippen LogP contribution in [0.25, 0.3) is 0 Å². The van der Waals surface area contributed by atoms with Crippen LogP contribution in [0.5, 0.6) is 5.75 Å². The predicted molar refractivity (Wildman–Crippen MR) is 86.3 cm³/mol. The van der Waals surface area contributed by atoms with E-state index >= 15 is 0 Å². The molecule has 0 spiro atoms. The molecule has 2 aromatic carbocycles. The van der Waals surface area contributed by atoms with Gasteiger partial charge < -0.3 is 14.8 Å². The molecule has 0 aromatic heterocycles. The number of benzene rings is 2. The second-order valence-corrected chi connectivity index (χ2v) is 6.86. The Bertz CT molecular complexity index is 953. The molecule has 2 aromatic rings. The van der Waals surface area contributed by atoms with Crippen molar-refractivity contribution in [1.29, 1.82) is 0 Å². The molecule has 2 amide bonds. The molecule has 1 heterocycles. The average Bonchev–Trinajstić information content (AvgIpc) is 2.81. The maximum atomic E-state index is 12.5. The van der Waals surface area contributed by atoms with E-state index in [1.807, 2.05) is 0 Å². The van der Waals surface area contributed by atoms with Crippen molar-refractivity contribution >= 4 is 27.6 Å². The quantitative estimate of drug-likeness (QED) is 0.834. The second-order valence-electron chi connectivity index (χ2n) is 5.32. The van der Waals surface area contributed by atoms with Crippen LogP contribution in [-0.4, -0.2) is 27.3 Å². The summed E-state index contributed by atoms with van der Waals surface area (Å²) in [6.45, 7) is 0. The molecule has 0 radical (unpaired) electrons. The van der Waals surface area contributed by atoms with Crippen molar-refractivity contribution in [2.45, 2.75) is 11.3 Å². The lowest BCUT2D eigenvalue weighted by atomic mass is 10.2. The molecular weight excluding hydrogens is 332 g/mol. The number of carbonyl (C=O) groups is 2. The Labute approximate surface area is 138 Å². The number of fused-ring (bicyclic) bond motifs is 1. The highest BCUT2D eigenvalue weighted by atomic mass is 32.2. The average molecular weight is 346 g/mol. The number of likely N-dealkylation sites (N-methyl/N-ethyl adjacent to an activating group) is 1. The van der Waals surface area contributed by atoms with Crippen LogP contribution in [0.1, 0.15) is 15.9 Å². The monoisotopic (exact) mass is 346 g/mol. The summed E-state index contributed by atoms with van der Waals surface area (Å²) in [6, 6.07) is 10.1. The first-order valence-corrected chi connectivity index (χ1v) is 8.43. The number of para-hydroxylation sites is 1. The summed E-state index contributed by atoms with van der Waals surface area (Å²) in [5.41, 5.74) is 6.46. The zero-order chi connectivity index (χ0) is 17.5. The Balaban J connectivity index is 1.97. The second kappa shape index (κ2) is 5.64. The van der Waals surface area contributed by atoms with E-state index in [1.165, 1.54) is 35.2 Å². The molecule has 0 bridgehead atoms. The molecule has 0 atom stereocenters. The molecule has 0 unspecified atom stereocenters. The maximum Gasteiger partial charge on any atom is 0.339 e. The fraction of sp³-hybridized carbons (Fsp3) is 0.125. The summed E-state index contributed by atoms with van der Waals surface area (Å²) in [4.78, 5) is 24.4. The van der Waals surface area contributed by atoms with E-state index in [1.54, 1.807) is 19.2 Å². The van der Waals surface area contributed by atoms with Crippen LogP contribution >= 0.6 is 0 Å². The summed E-state index contributed by atoms with van der Waals surface area (Å²) >= 11 is 0. The van der Waals surface area contributed by atoms with E-state index in [4.69, 9.17) is 9.92 Å². The molecule has 0 aliphatic carbocycles. The van der Waals surface area contributed by atoms with Gasteiger partial charge in [0.15, 0.2) is 5.75 Å². The van der Waals surface area contributed by atoms with E-state index in [0.29, 0.717) is 11.3 Å². The molecule has 24 heavy (non-hydrogen) atoms. The highest BCUT2D eigenvalue weighted by Gasteiger charge is 2.27. The minimum Gasteiger partial charge on any atom is -0.378 e. The van der Waals surface area contributed by atoms with Gasteiger partial charge in [0.25, 0.3) is 5.91 Å². The van der Waals surface area contributed by atoms with Crippen molar-refractivity contribution in [1.82, 2.24) is 0 Å². The van der Waals surface area contributed by atoms with Crippen molar-refractivity contribution in [3.8, 4) is 5.75 Å².